The molecular weight excluding hydrogens is 444 g/mol. The van der Waals surface area contributed by atoms with E-state index in [1.165, 1.54) is 44.1 Å². The van der Waals surface area contributed by atoms with Crippen LogP contribution in [0.25, 0.3) is 32.9 Å². The van der Waals surface area contributed by atoms with E-state index in [9.17, 15) is 0 Å². The maximum atomic E-state index is 5.30. The molecule has 178 valence electrons. The van der Waals surface area contributed by atoms with Crippen molar-refractivity contribution in [1.82, 2.24) is 9.13 Å². The maximum Gasteiger partial charge on any atom is 0.118 e. The number of methoxy groups -OCH3 is 2. The summed E-state index contributed by atoms with van der Waals surface area (Å²) < 4.78 is 15.2. The van der Waals surface area contributed by atoms with Gasteiger partial charge >= 0.3 is 0 Å². The molecule has 2 heterocycles. The molecule has 0 saturated carbocycles. The van der Waals surface area contributed by atoms with Crippen LogP contribution < -0.4 is 9.47 Å². The molecule has 0 bridgehead atoms. The summed E-state index contributed by atoms with van der Waals surface area (Å²) >= 11 is 0. The van der Waals surface area contributed by atoms with Crippen molar-refractivity contribution in [2.75, 3.05) is 14.2 Å². The summed E-state index contributed by atoms with van der Waals surface area (Å²) in [6, 6.07) is 34.4. The highest BCUT2D eigenvalue weighted by molar-refractivity contribution is 5.89. The van der Waals surface area contributed by atoms with Crippen LogP contribution in [0, 0.1) is 0 Å². The molecule has 2 aromatic heterocycles. The number of nitrogens with zero attached hydrogens (tertiary/aromatic N) is 2. The second kappa shape index (κ2) is 9.31. The third-order valence-corrected chi connectivity index (χ3v) is 6.91. The van der Waals surface area contributed by atoms with Gasteiger partial charge in [0, 0.05) is 36.5 Å². The Labute approximate surface area is 210 Å². The first kappa shape index (κ1) is 22.1. The minimum absolute atomic E-state index is 0.820. The van der Waals surface area contributed by atoms with Crippen LogP contribution in [0.2, 0.25) is 0 Å². The number of fused-ring (bicyclic) bond motifs is 2. The van der Waals surface area contributed by atoms with Crippen LogP contribution in [0.3, 0.4) is 0 Å². The van der Waals surface area contributed by atoms with E-state index in [-0.39, 0.29) is 0 Å². The summed E-state index contributed by atoms with van der Waals surface area (Å²) in [6.07, 6.45) is 4.34. The van der Waals surface area contributed by atoms with E-state index in [1.807, 2.05) is 24.3 Å². The van der Waals surface area contributed by atoms with Gasteiger partial charge in [-0.2, -0.15) is 0 Å². The van der Waals surface area contributed by atoms with Gasteiger partial charge in [-0.15, -0.1) is 0 Å². The van der Waals surface area contributed by atoms with Gasteiger partial charge < -0.3 is 18.6 Å². The fourth-order valence-electron chi connectivity index (χ4n) is 4.86. The van der Waals surface area contributed by atoms with Crippen molar-refractivity contribution in [1.29, 1.82) is 0 Å². The summed E-state index contributed by atoms with van der Waals surface area (Å²) in [6.45, 7) is 1.64. The number of ether oxygens (including phenoxy) is 2. The van der Waals surface area contributed by atoms with Crippen molar-refractivity contribution in [3.63, 3.8) is 0 Å². The third-order valence-electron chi connectivity index (χ3n) is 6.91. The van der Waals surface area contributed by atoms with Crippen LogP contribution in [-0.4, -0.2) is 23.4 Å². The van der Waals surface area contributed by atoms with E-state index < -0.39 is 0 Å². The highest BCUT2D eigenvalue weighted by Gasteiger charge is 2.08. The molecule has 0 spiro atoms. The smallest absolute Gasteiger partial charge is 0.118 e. The van der Waals surface area contributed by atoms with Crippen molar-refractivity contribution in [2.45, 2.75) is 13.1 Å². The molecule has 0 aliphatic carbocycles. The summed E-state index contributed by atoms with van der Waals surface area (Å²) in [5.74, 6) is 1.76. The standard InChI is InChI=1S/C32H28N2O2/c1-35-29-11-3-23(4-12-29)21-33-17-15-25-7-9-27(19-31(25)33)28-10-8-26-16-18-34(32(26)20-28)22-24-5-13-30(36-2)14-6-24/h3-20H,21-22H2,1-2H3. The third kappa shape index (κ3) is 4.22. The lowest BCUT2D eigenvalue weighted by Gasteiger charge is -2.10. The van der Waals surface area contributed by atoms with Gasteiger partial charge in [-0.25, -0.2) is 0 Å². The Balaban J connectivity index is 1.32. The zero-order valence-electron chi connectivity index (χ0n) is 20.5. The highest BCUT2D eigenvalue weighted by Crippen LogP contribution is 2.29. The van der Waals surface area contributed by atoms with Crippen LogP contribution in [0.1, 0.15) is 11.1 Å². The Morgan fingerprint density at radius 2 is 0.917 bits per heavy atom. The molecule has 4 aromatic carbocycles. The zero-order valence-corrected chi connectivity index (χ0v) is 20.5. The number of aromatic nitrogens is 2. The lowest BCUT2D eigenvalue weighted by molar-refractivity contribution is 0.414. The van der Waals surface area contributed by atoms with Gasteiger partial charge in [0.05, 0.1) is 14.2 Å². The average molecular weight is 473 g/mol. The van der Waals surface area contributed by atoms with E-state index in [2.05, 4.69) is 94.3 Å². The summed E-state index contributed by atoms with van der Waals surface area (Å²) in [5, 5.41) is 2.49. The van der Waals surface area contributed by atoms with E-state index in [4.69, 9.17) is 9.47 Å². The number of benzene rings is 4. The minimum atomic E-state index is 0.820. The second-order valence-corrected chi connectivity index (χ2v) is 9.13. The van der Waals surface area contributed by atoms with Crippen molar-refractivity contribution < 1.29 is 9.47 Å². The van der Waals surface area contributed by atoms with E-state index in [1.54, 1.807) is 14.2 Å². The topological polar surface area (TPSA) is 28.3 Å². The Kier molecular flexibility index (Phi) is 5.70. The molecule has 4 nitrogen and oxygen atoms in total. The molecule has 6 aromatic rings. The Hall–Kier alpha value is -4.44. The number of hydrogen-bond acceptors (Lipinski definition) is 2. The first-order valence-corrected chi connectivity index (χ1v) is 12.1. The second-order valence-electron chi connectivity index (χ2n) is 9.13. The normalized spacial score (nSPS) is 11.3. The molecule has 0 N–H and O–H groups in total. The molecule has 4 heteroatoms. The molecule has 36 heavy (non-hydrogen) atoms. The van der Waals surface area contributed by atoms with E-state index >= 15 is 0 Å². The quantitative estimate of drug-likeness (QED) is 0.243. The molecular formula is C32H28N2O2. The maximum absolute atomic E-state index is 5.30. The Bertz CT molecular complexity index is 1510. The van der Waals surface area contributed by atoms with Crippen LogP contribution in [-0.2, 0) is 13.1 Å². The van der Waals surface area contributed by atoms with Crippen LogP contribution in [0.4, 0.5) is 0 Å². The van der Waals surface area contributed by atoms with Gasteiger partial charge in [0.15, 0.2) is 0 Å². The fraction of sp³-hybridized carbons (Fsp3) is 0.125. The van der Waals surface area contributed by atoms with Crippen molar-refractivity contribution in [2.24, 2.45) is 0 Å². The van der Waals surface area contributed by atoms with E-state index in [0.29, 0.717) is 0 Å². The van der Waals surface area contributed by atoms with Gasteiger partial charge in [0.1, 0.15) is 11.5 Å². The van der Waals surface area contributed by atoms with Crippen LogP contribution in [0.5, 0.6) is 11.5 Å². The minimum Gasteiger partial charge on any atom is -0.497 e. The summed E-state index contributed by atoms with van der Waals surface area (Å²) in [7, 11) is 3.40. The fourth-order valence-corrected chi connectivity index (χ4v) is 4.86. The average Bonchev–Trinajstić information content (AvgIpc) is 3.52. The Morgan fingerprint density at radius 1 is 0.500 bits per heavy atom. The van der Waals surface area contributed by atoms with Gasteiger partial charge in [-0.05, 0) is 81.6 Å². The lowest BCUT2D eigenvalue weighted by Crippen LogP contribution is -1.98. The van der Waals surface area contributed by atoms with Gasteiger partial charge in [-0.1, -0.05) is 48.5 Å². The largest absolute Gasteiger partial charge is 0.497 e. The van der Waals surface area contributed by atoms with Crippen LogP contribution in [0.15, 0.2) is 109 Å². The Morgan fingerprint density at radius 3 is 1.31 bits per heavy atom. The molecule has 0 aliphatic rings. The van der Waals surface area contributed by atoms with Crippen LogP contribution >= 0.6 is 0 Å². The molecule has 6 rings (SSSR count). The summed E-state index contributed by atoms with van der Waals surface area (Å²) in [4.78, 5) is 0. The predicted molar refractivity (Wildman–Crippen MR) is 147 cm³/mol. The molecule has 0 saturated heterocycles. The first-order chi connectivity index (χ1) is 17.7. The molecule has 0 amide bonds. The monoisotopic (exact) mass is 472 g/mol. The molecule has 0 radical (unpaired) electrons. The molecule has 0 atom stereocenters. The molecule has 0 unspecified atom stereocenters. The molecule has 0 aliphatic heterocycles. The highest BCUT2D eigenvalue weighted by atomic mass is 16.5. The van der Waals surface area contributed by atoms with Crippen molar-refractivity contribution in [3.8, 4) is 22.6 Å². The number of rotatable bonds is 7. The van der Waals surface area contributed by atoms with Crippen molar-refractivity contribution >= 4 is 21.8 Å². The van der Waals surface area contributed by atoms with Gasteiger partial charge in [-0.3, -0.25) is 0 Å². The number of hydrogen-bond donors (Lipinski definition) is 0. The summed E-state index contributed by atoms with van der Waals surface area (Å²) in [5.41, 5.74) is 7.40. The predicted octanol–water partition coefficient (Wildman–Crippen LogP) is 7.38. The zero-order chi connectivity index (χ0) is 24.5. The van der Waals surface area contributed by atoms with E-state index in [0.717, 1.165) is 24.6 Å². The SMILES string of the molecule is COc1ccc(Cn2ccc3ccc(-c4ccc5ccn(Cc6ccc(OC)cc6)c5c4)cc32)cc1. The molecule has 0 fully saturated rings. The van der Waals surface area contributed by atoms with Gasteiger partial charge in [0.25, 0.3) is 0 Å². The van der Waals surface area contributed by atoms with Crippen molar-refractivity contribution in [3.05, 3.63) is 121 Å². The van der Waals surface area contributed by atoms with Gasteiger partial charge in [0.2, 0.25) is 0 Å². The first-order valence-electron chi connectivity index (χ1n) is 12.1. The lowest BCUT2D eigenvalue weighted by atomic mass is 10.0.